The monoisotopic (exact) mass is 1410 g/mol. The number of amides is 2. The highest BCUT2D eigenvalue weighted by molar-refractivity contribution is 6.00. The molecule has 12 heterocycles. The van der Waals surface area contributed by atoms with Crippen LogP contribution in [0.5, 0.6) is 0 Å². The SMILES string of the molecule is N#Cc1ccccc1CN1C(=O)N2CN=CC=C2N=C1N1CCC[C@@H](N)C1.N#Cc1ccccc1Cn1c(N2CCC[C@@H](N)C2)nc2nccn2c1=O.N#Cc1ccccc1Cn1c(N2CCC[C@@H](N)C2)nn2ccnc2c1=O.N#Cc1ccccc1Cn1c(N2CCC[C@@H](N)C2)nn2cncc2c1=O. The van der Waals surface area contributed by atoms with Crippen molar-refractivity contribution in [2.24, 2.45) is 32.9 Å². The third kappa shape index (κ3) is 15.6. The Morgan fingerprint density at radius 2 is 0.962 bits per heavy atom. The quantitative estimate of drug-likeness (QED) is 0.143. The molecule has 4 aromatic carbocycles. The van der Waals surface area contributed by atoms with Crippen LogP contribution in [-0.2, 0) is 26.2 Å². The molecule has 4 saturated heterocycles. The van der Waals surface area contributed by atoms with Gasteiger partial charge in [0, 0.05) is 108 Å². The fraction of sp³-hybridized carbons (Fsp3) is 0.342. The van der Waals surface area contributed by atoms with E-state index in [4.69, 9.17) is 27.9 Å². The van der Waals surface area contributed by atoms with Crippen molar-refractivity contribution in [1.29, 1.82) is 21.0 Å². The van der Waals surface area contributed by atoms with Gasteiger partial charge in [-0.15, -0.1) is 10.2 Å². The molecule has 6 aliphatic heterocycles. The average molecular weight is 1410 g/mol. The molecule has 0 spiro atoms. The molecule has 8 N–H and O–H groups in total. The Labute approximate surface area is 602 Å². The van der Waals surface area contributed by atoms with Crippen LogP contribution in [0, 0.1) is 45.3 Å². The number of hydrogen-bond acceptors (Lipinski definition) is 24. The van der Waals surface area contributed by atoms with Crippen LogP contribution in [0.15, 0.2) is 171 Å². The van der Waals surface area contributed by atoms with Crippen LogP contribution >= 0.6 is 0 Å². The zero-order chi connectivity index (χ0) is 73.1. The number of nitriles is 4. The maximum atomic E-state index is 13.2. The average Bonchev–Trinajstić information content (AvgIpc) is 1.63. The number of urea groups is 1. The van der Waals surface area contributed by atoms with Crippen molar-refractivity contribution in [1.82, 2.24) is 72.0 Å². The summed E-state index contributed by atoms with van der Waals surface area (Å²) in [5, 5.41) is 46.7. The normalized spacial score (nSPS) is 18.6. The van der Waals surface area contributed by atoms with Crippen LogP contribution in [0.25, 0.3) is 16.9 Å². The first-order chi connectivity index (χ1) is 51.2. The summed E-state index contributed by atoms with van der Waals surface area (Å²) in [6.07, 6.45) is 20.5. The van der Waals surface area contributed by atoms with Gasteiger partial charge in [-0.3, -0.25) is 38.1 Å². The molecule has 32 nitrogen and oxygen atoms in total. The van der Waals surface area contributed by atoms with E-state index in [9.17, 15) is 40.2 Å². The highest BCUT2D eigenvalue weighted by Gasteiger charge is 2.38. The molecule has 105 heavy (non-hydrogen) atoms. The first kappa shape index (κ1) is 70.7. The Morgan fingerprint density at radius 3 is 1.49 bits per heavy atom. The largest absolute Gasteiger partial charge is 0.341 e. The number of aromatic nitrogens is 12. The van der Waals surface area contributed by atoms with Crippen LogP contribution < -0.4 is 54.4 Å². The van der Waals surface area contributed by atoms with Gasteiger partial charge in [0.25, 0.3) is 11.1 Å². The van der Waals surface area contributed by atoms with Gasteiger partial charge in [-0.25, -0.2) is 38.0 Å². The molecule has 16 rings (SSSR count). The maximum absolute atomic E-state index is 13.2. The van der Waals surface area contributed by atoms with Gasteiger partial charge in [-0.2, -0.15) is 31.0 Å². The van der Waals surface area contributed by atoms with Crippen molar-refractivity contribution in [2.75, 3.05) is 73.7 Å². The molecule has 4 atom stereocenters. The summed E-state index contributed by atoms with van der Waals surface area (Å²) in [4.78, 5) is 89.6. The van der Waals surface area contributed by atoms with E-state index < -0.39 is 0 Å². The van der Waals surface area contributed by atoms with Gasteiger partial charge >= 0.3 is 11.7 Å². The lowest BCUT2D eigenvalue weighted by molar-refractivity contribution is 0.170. The molecular weight excluding hydrogens is 1330 g/mol. The summed E-state index contributed by atoms with van der Waals surface area (Å²) in [5.74, 6) is 3.23. The third-order valence-electron chi connectivity index (χ3n) is 19.1. The number of imidazole rings is 3. The van der Waals surface area contributed by atoms with Gasteiger partial charge in [0.05, 0.1) is 78.9 Å². The van der Waals surface area contributed by atoms with E-state index in [1.165, 1.54) is 26.0 Å². The highest BCUT2D eigenvalue weighted by Crippen LogP contribution is 2.27. The van der Waals surface area contributed by atoms with E-state index in [2.05, 4.69) is 64.3 Å². The first-order valence-electron chi connectivity index (χ1n) is 34.8. The number of rotatable bonds is 11. The van der Waals surface area contributed by atoms with Gasteiger partial charge in [0.1, 0.15) is 18.8 Å². The van der Waals surface area contributed by atoms with Crippen LogP contribution in [0.1, 0.15) is 95.9 Å². The molecule has 0 radical (unpaired) electrons. The number of anilines is 3. The van der Waals surface area contributed by atoms with Gasteiger partial charge < -0.3 is 42.5 Å². The van der Waals surface area contributed by atoms with Gasteiger partial charge in [-0.05, 0) is 104 Å². The third-order valence-corrected chi connectivity index (χ3v) is 19.1. The standard InChI is InChI=1S/C19H21N7O.3C18H19N7O/c20-10-14-4-1-2-5-15(14)11-25-18(24-9-3-6-16(21)12-24)23-17-7-8-22-13-26(17)19(25)27;19-10-13-4-1-2-5-14(13)11-25-17(23-8-3-6-15(20)12-23)22-16-21-7-9-24(16)18(25)26;19-10-13-4-1-2-5-14(13)11-24-17(26)16-21-7-9-25(16)22-18(24)23-8-3-6-15(20)12-23;19-8-13-4-1-2-5-14(13)10-24-17(26)16-9-21-12-25(16)22-18(24)23-7-3-6-15(20)11-23/h1-2,4-5,7-8,16H,3,6,9,11-13,21H2;2*1-2,4-5,7,9,15H,3,6,8,11-12,20H2;1-2,4-5,9,12,15H,3,6-7,10-11,20H2/t16-;3*15-/m1111/s1. The van der Waals surface area contributed by atoms with Crippen molar-refractivity contribution in [2.45, 2.75) is 102 Å². The fourth-order valence-corrected chi connectivity index (χ4v) is 13.8. The smallest absolute Gasteiger partial charge is 0.338 e. The van der Waals surface area contributed by atoms with Crippen molar-refractivity contribution >= 4 is 53.0 Å². The number of hydrogen-bond donors (Lipinski definition) is 4. The highest BCUT2D eigenvalue weighted by atomic mass is 16.2. The van der Waals surface area contributed by atoms with Crippen molar-refractivity contribution in [3.63, 3.8) is 0 Å². The number of carbonyl (C=O) groups excluding carboxylic acids is 1. The summed E-state index contributed by atoms with van der Waals surface area (Å²) in [6.45, 7) is 7.10. The molecular formula is C73H78N28O4. The molecule has 32 heteroatoms. The minimum atomic E-state index is -0.230. The molecule has 0 bridgehead atoms. The van der Waals surface area contributed by atoms with E-state index in [1.54, 1.807) is 84.8 Å². The van der Waals surface area contributed by atoms with Crippen molar-refractivity contribution < 1.29 is 4.79 Å². The minimum Gasteiger partial charge on any atom is -0.341 e. The number of allylic oxidation sites excluding steroid dienone is 1. The lowest BCUT2D eigenvalue weighted by atomic mass is 10.1. The molecule has 6 aromatic heterocycles. The Hall–Kier alpha value is -12.7. The number of nitrogens with two attached hydrogens (primary N) is 4. The second-order valence-electron chi connectivity index (χ2n) is 26.4. The lowest BCUT2D eigenvalue weighted by Gasteiger charge is -2.42. The summed E-state index contributed by atoms with van der Waals surface area (Å²) >= 11 is 0. The molecule has 0 unspecified atom stereocenters. The predicted molar refractivity (Wildman–Crippen MR) is 392 cm³/mol. The summed E-state index contributed by atoms with van der Waals surface area (Å²) in [6, 6.07) is 37.9. The Morgan fingerprint density at radius 1 is 0.505 bits per heavy atom. The number of benzene rings is 4. The number of nitrogens with zero attached hydrogens (tertiary/aromatic N) is 24. The maximum Gasteiger partial charge on any atom is 0.338 e. The number of piperidine rings is 4. The first-order valence-corrected chi connectivity index (χ1v) is 34.8. The summed E-state index contributed by atoms with van der Waals surface area (Å²) in [5.41, 5.74) is 29.9. The molecule has 534 valence electrons. The van der Waals surface area contributed by atoms with Gasteiger partial charge in [0.2, 0.25) is 35.2 Å². The zero-order valence-corrected chi connectivity index (χ0v) is 57.7. The van der Waals surface area contributed by atoms with E-state index in [0.717, 1.165) is 99.8 Å². The molecule has 4 fully saturated rings. The van der Waals surface area contributed by atoms with E-state index in [1.807, 2.05) is 87.5 Å². The number of likely N-dealkylation sites (tertiary alicyclic amines) is 1. The van der Waals surface area contributed by atoms with Crippen molar-refractivity contribution in [3.8, 4) is 24.3 Å². The number of carbonyl (C=O) groups is 1. The van der Waals surface area contributed by atoms with Gasteiger partial charge in [0.15, 0.2) is 5.52 Å². The molecule has 10 aromatic rings. The van der Waals surface area contributed by atoms with Crippen LogP contribution in [0.3, 0.4) is 0 Å². The second kappa shape index (κ2) is 32.1. The fourth-order valence-electron chi connectivity index (χ4n) is 13.8. The Balaban J connectivity index is 0.000000124. The number of guanidine groups is 1. The number of aliphatic imine (C=N–C) groups is 2. The van der Waals surface area contributed by atoms with Crippen LogP contribution in [0.2, 0.25) is 0 Å². The molecule has 0 saturated carbocycles. The predicted octanol–water partition coefficient (Wildman–Crippen LogP) is 3.67. The van der Waals surface area contributed by atoms with E-state index >= 15 is 0 Å². The van der Waals surface area contributed by atoms with E-state index in [-0.39, 0.29) is 85.5 Å². The second-order valence-corrected chi connectivity index (χ2v) is 26.4. The molecule has 2 amide bonds. The van der Waals surface area contributed by atoms with Gasteiger partial charge in [-0.1, -0.05) is 72.8 Å². The number of fused-ring (bicyclic) bond motifs is 4. The van der Waals surface area contributed by atoms with E-state index in [0.29, 0.717) is 89.4 Å². The Kier molecular flexibility index (Phi) is 21.6. The summed E-state index contributed by atoms with van der Waals surface area (Å²) in [7, 11) is 0. The topological polar surface area (TPSA) is 417 Å². The molecule has 6 aliphatic rings. The van der Waals surface area contributed by atoms with Crippen molar-refractivity contribution in [3.05, 3.63) is 222 Å². The summed E-state index contributed by atoms with van der Waals surface area (Å²) < 4.78 is 9.24. The lowest BCUT2D eigenvalue weighted by Crippen LogP contribution is -2.58. The molecule has 0 aliphatic carbocycles. The van der Waals surface area contributed by atoms with Crippen LogP contribution in [-0.4, -0.2) is 173 Å². The Bertz CT molecular complexity index is 4920. The zero-order valence-electron chi connectivity index (χ0n) is 57.7. The van der Waals surface area contributed by atoms with Crippen LogP contribution in [0.4, 0.5) is 22.6 Å². The minimum absolute atomic E-state index is 0.0523.